The third kappa shape index (κ3) is 9.04. The summed E-state index contributed by atoms with van der Waals surface area (Å²) in [4.78, 5) is 43.6. The van der Waals surface area contributed by atoms with Crippen molar-refractivity contribution in [2.45, 2.75) is 0 Å². The number of carbonyl (C=O) groups is 4. The first kappa shape index (κ1) is 35.3. The van der Waals surface area contributed by atoms with Crippen LogP contribution in [0.15, 0.2) is 0 Å². The van der Waals surface area contributed by atoms with Gasteiger partial charge in [0, 0.05) is 10.5 Å². The Bertz CT molecular complexity index is 746. The van der Waals surface area contributed by atoms with Crippen molar-refractivity contribution in [3.63, 3.8) is 0 Å². The van der Waals surface area contributed by atoms with Crippen LogP contribution in [0.4, 0.5) is 5.00 Å². The Hall–Kier alpha value is 0.870. The Morgan fingerprint density at radius 2 is 1.33 bits per heavy atom. The number of hydrogen-bond acceptors (Lipinski definition) is 10. The van der Waals surface area contributed by atoms with Gasteiger partial charge in [0.25, 0.3) is 5.00 Å². The minimum absolute atomic E-state index is 0. The minimum atomic E-state index is -1.98. The van der Waals surface area contributed by atoms with E-state index in [0.29, 0.717) is 4.90 Å². The molecule has 1 heterocycles. The minimum Gasteiger partial charge on any atom is -0.548 e. The van der Waals surface area contributed by atoms with Crippen LogP contribution >= 0.6 is 10.5 Å². The van der Waals surface area contributed by atoms with Crippen LogP contribution < -0.4 is 144 Å². The second-order valence-electron chi connectivity index (χ2n) is 4.18. The molecule has 0 N–H and O–H groups in total. The monoisotopic (exact) mass is 431 g/mol. The quantitative estimate of drug-likeness (QED) is 0.296. The van der Waals surface area contributed by atoms with Crippen LogP contribution in [0.3, 0.4) is 0 Å². The number of rotatable bonds is 7. The van der Waals surface area contributed by atoms with Gasteiger partial charge in [-0.05, 0) is 0 Å². The number of nitriles is 1. The molecule has 0 bridgehead atoms. The Morgan fingerprint density at radius 3 is 1.59 bits per heavy atom. The van der Waals surface area contributed by atoms with Crippen molar-refractivity contribution < 1.29 is 158 Å². The molecule has 0 aliphatic heterocycles. The molecule has 0 aliphatic rings. The summed E-state index contributed by atoms with van der Waals surface area (Å²) < 4.78 is 0. The maximum Gasteiger partial charge on any atom is 1.00 e. The zero-order valence-corrected chi connectivity index (χ0v) is 24.3. The summed E-state index contributed by atoms with van der Waals surface area (Å²) in [5.41, 5.74) is -1.66. The van der Waals surface area contributed by atoms with Gasteiger partial charge in [-0.3, -0.25) is 0 Å². The van der Waals surface area contributed by atoms with Gasteiger partial charge in [0.15, 0.2) is 0 Å². The van der Waals surface area contributed by atoms with Crippen molar-refractivity contribution in [3.05, 3.63) is 16.0 Å². The molecule has 1 unspecified atom stereocenters. The molecule has 10 nitrogen and oxygen atoms in total. The van der Waals surface area contributed by atoms with Crippen LogP contribution in [0.1, 0.15) is 25.6 Å². The molecule has 1 rings (SSSR count). The van der Waals surface area contributed by atoms with Crippen molar-refractivity contribution in [2.75, 3.05) is 18.0 Å². The van der Waals surface area contributed by atoms with Gasteiger partial charge in [0.2, 0.25) is 4.88 Å². The summed E-state index contributed by atoms with van der Waals surface area (Å²) in [5, 5.41) is 52.5. The van der Waals surface area contributed by atoms with E-state index >= 15 is 0 Å². The van der Waals surface area contributed by atoms with Gasteiger partial charge in [0.1, 0.15) is 23.9 Å². The summed E-state index contributed by atoms with van der Waals surface area (Å²) >= 11 is 0. The molecule has 0 spiro atoms. The van der Waals surface area contributed by atoms with E-state index in [4.69, 9.17) is 5.26 Å². The Labute approximate surface area is 245 Å². The number of thiophene rings is 1. The molecular formula is C12H7N2Na4O8S+. The number of aliphatic carboxylic acids is 2. The van der Waals surface area contributed by atoms with E-state index in [1.165, 1.54) is 12.3 Å². The molecule has 1 aromatic heterocycles. The standard InChI is InChI=1S/C12H10N2O8S.4Na/c1-23-9(12(21)22)8(11(19)20)5(2-13)10(23)14(3-6(15)16)4-7(17)18;;;;/h3-4H2,1H3,(H3-,15,16,17,18,19,20,21,22);;;;/q;4*+1/p-3. The molecule has 1 atom stereocenters. The third-order valence-corrected chi connectivity index (χ3v) is 4.74. The Balaban J connectivity index is -0.000000661. The molecule has 0 radical (unpaired) electrons. The van der Waals surface area contributed by atoms with Crippen LogP contribution in [0.2, 0.25) is 0 Å². The van der Waals surface area contributed by atoms with Crippen molar-refractivity contribution in [2.24, 2.45) is 6.26 Å². The topological polar surface area (TPSA) is 188 Å². The fourth-order valence-corrected chi connectivity index (χ4v) is 3.92. The molecule has 27 heavy (non-hydrogen) atoms. The van der Waals surface area contributed by atoms with Crippen molar-refractivity contribution in [3.8, 4) is 6.07 Å². The van der Waals surface area contributed by atoms with E-state index in [9.17, 15) is 39.6 Å². The van der Waals surface area contributed by atoms with Gasteiger partial charge in [-0.25, -0.2) is 0 Å². The van der Waals surface area contributed by atoms with Crippen molar-refractivity contribution in [1.82, 2.24) is 0 Å². The average Bonchev–Trinajstić information content (AvgIpc) is 2.69. The van der Waals surface area contributed by atoms with Crippen molar-refractivity contribution >= 4 is 39.3 Å². The normalized spacial score (nSPS) is 9.11. The summed E-state index contributed by atoms with van der Waals surface area (Å²) in [6.07, 6.45) is 1.19. The Morgan fingerprint density at radius 1 is 0.926 bits per heavy atom. The predicted molar refractivity (Wildman–Crippen MR) is 65.5 cm³/mol. The zero-order valence-electron chi connectivity index (χ0n) is 15.5. The molecule has 0 saturated carbocycles. The van der Waals surface area contributed by atoms with Crippen LogP contribution in [-0.4, -0.2) is 37.0 Å². The maximum atomic E-state index is 11.1. The number of carboxylic acid groups (broad SMARTS) is 4. The summed E-state index contributed by atoms with van der Waals surface area (Å²) in [5.74, 6) is -7.30. The number of aromatic carboxylic acids is 2. The fourth-order valence-electron chi connectivity index (χ4n) is 2.01. The van der Waals surface area contributed by atoms with Gasteiger partial charge in [0.05, 0.1) is 36.6 Å². The first-order chi connectivity index (χ1) is 10.6. The maximum absolute atomic E-state index is 11.1. The van der Waals surface area contributed by atoms with E-state index in [0.717, 1.165) is 0 Å². The first-order valence-corrected chi connectivity index (χ1v) is 7.37. The third-order valence-electron chi connectivity index (χ3n) is 2.72. The number of nitrogens with zero attached hydrogens (tertiary/aromatic N) is 2. The molecular weight excluding hydrogens is 424 g/mol. The second kappa shape index (κ2) is 15.7. The first-order valence-electron chi connectivity index (χ1n) is 5.74. The van der Waals surface area contributed by atoms with E-state index in [1.807, 2.05) is 0 Å². The van der Waals surface area contributed by atoms with Crippen LogP contribution in [-0.2, 0) is 15.8 Å². The van der Waals surface area contributed by atoms with Crippen LogP contribution in [0.25, 0.3) is 0 Å². The molecule has 1 aromatic rings. The fraction of sp³-hybridized carbons (Fsp3) is 0.250. The molecule has 0 amide bonds. The number of carboxylic acids is 4. The number of hydrogen-bond donors (Lipinski definition) is 0. The van der Waals surface area contributed by atoms with Crippen molar-refractivity contribution in [1.29, 1.82) is 5.26 Å². The SMILES string of the molecule is C[s+]1c(C(=O)[O-])c(C(=O)[O-])c(C#N)c1N(CC(=O)[O-])CC(=O)[O-].[Na+].[Na+].[Na+].[Na+]. The van der Waals surface area contributed by atoms with Gasteiger partial charge in [-0.15, -0.1) is 0 Å². The molecule has 0 aromatic carbocycles. The van der Waals surface area contributed by atoms with E-state index in [-0.39, 0.29) is 123 Å². The summed E-state index contributed by atoms with van der Waals surface area (Å²) in [6, 6.07) is 1.44. The predicted octanol–water partition coefficient (Wildman–Crippen LogP) is -17.1. The molecule has 122 valence electrons. The van der Waals surface area contributed by atoms with Crippen LogP contribution in [0, 0.1) is 11.3 Å². The second-order valence-corrected chi connectivity index (χ2v) is 6.00. The van der Waals surface area contributed by atoms with E-state index < -0.39 is 63.4 Å². The summed E-state index contributed by atoms with van der Waals surface area (Å²) in [7, 11) is -1.62. The molecule has 0 fully saturated rings. The smallest absolute Gasteiger partial charge is 0.548 e. The van der Waals surface area contributed by atoms with Gasteiger partial charge in [-0.2, -0.15) is 5.26 Å². The van der Waals surface area contributed by atoms with Crippen LogP contribution in [0.5, 0.6) is 0 Å². The number of carbonyl (C=O) groups excluding carboxylic acids is 4. The zero-order chi connectivity index (χ0) is 17.9. The van der Waals surface area contributed by atoms with Gasteiger partial charge in [-0.1, -0.05) is 0 Å². The Kier molecular flexibility index (Phi) is 20.5. The van der Waals surface area contributed by atoms with E-state index in [1.54, 1.807) is 0 Å². The summed E-state index contributed by atoms with van der Waals surface area (Å²) in [6.45, 7) is -2.01. The molecule has 0 aliphatic carbocycles. The average molecular weight is 431 g/mol. The molecule has 0 saturated heterocycles. The largest absolute Gasteiger partial charge is 1.00 e. The van der Waals surface area contributed by atoms with Gasteiger partial charge >= 0.3 is 118 Å². The van der Waals surface area contributed by atoms with E-state index in [2.05, 4.69) is 0 Å². The number of anilines is 1. The molecule has 15 heteroatoms. The van der Waals surface area contributed by atoms with Gasteiger partial charge < -0.3 is 44.5 Å².